The first kappa shape index (κ1) is 11.6. The Bertz CT molecular complexity index is 426. The van der Waals surface area contributed by atoms with E-state index in [1.807, 2.05) is 10.9 Å². The van der Waals surface area contributed by atoms with E-state index in [2.05, 4.69) is 5.10 Å². The number of hydrogen-bond donors (Lipinski definition) is 1. The topological polar surface area (TPSA) is 58.4 Å². The van der Waals surface area contributed by atoms with Crippen LogP contribution in [0.4, 0.5) is 4.79 Å². The zero-order valence-electron chi connectivity index (χ0n) is 10.5. The number of rotatable bonds is 2. The Balaban J connectivity index is 1.63. The van der Waals surface area contributed by atoms with E-state index in [1.54, 1.807) is 0 Å². The predicted molar refractivity (Wildman–Crippen MR) is 66.1 cm³/mol. The van der Waals surface area contributed by atoms with E-state index < -0.39 is 6.09 Å². The van der Waals surface area contributed by atoms with E-state index in [1.165, 1.54) is 37.0 Å². The van der Waals surface area contributed by atoms with Gasteiger partial charge in [0.1, 0.15) is 0 Å². The Kier molecular flexibility index (Phi) is 2.97. The molecule has 1 fully saturated rings. The monoisotopic (exact) mass is 249 g/mol. The van der Waals surface area contributed by atoms with Crippen LogP contribution in [0.5, 0.6) is 0 Å². The maximum atomic E-state index is 10.9. The first-order valence-electron chi connectivity index (χ1n) is 6.75. The van der Waals surface area contributed by atoms with Crippen molar-refractivity contribution in [1.29, 1.82) is 0 Å². The summed E-state index contributed by atoms with van der Waals surface area (Å²) >= 11 is 0. The molecule has 0 atom stereocenters. The molecule has 18 heavy (non-hydrogen) atoms. The van der Waals surface area contributed by atoms with Crippen molar-refractivity contribution in [2.24, 2.45) is 5.92 Å². The van der Waals surface area contributed by atoms with Gasteiger partial charge in [-0.3, -0.25) is 9.58 Å². The number of hydrogen-bond acceptors (Lipinski definition) is 2. The molecule has 1 aliphatic heterocycles. The largest absolute Gasteiger partial charge is 0.465 e. The van der Waals surface area contributed by atoms with Crippen LogP contribution in [-0.2, 0) is 19.6 Å². The van der Waals surface area contributed by atoms with E-state index in [0.29, 0.717) is 13.1 Å². The van der Waals surface area contributed by atoms with Crippen LogP contribution >= 0.6 is 0 Å². The minimum absolute atomic E-state index is 0.447. The van der Waals surface area contributed by atoms with Crippen molar-refractivity contribution >= 4 is 6.09 Å². The molecule has 0 saturated heterocycles. The highest BCUT2D eigenvalue weighted by Crippen LogP contribution is 2.26. The van der Waals surface area contributed by atoms with Crippen molar-refractivity contribution in [3.05, 3.63) is 17.5 Å². The molecule has 5 nitrogen and oxygen atoms in total. The SMILES string of the molecule is O=C(O)N1Cc2cn(CC3CCCCC3)nc2C1. The van der Waals surface area contributed by atoms with Gasteiger partial charge in [0.15, 0.2) is 0 Å². The second-order valence-corrected chi connectivity index (χ2v) is 5.47. The zero-order chi connectivity index (χ0) is 12.5. The third-order valence-electron chi connectivity index (χ3n) is 4.07. The van der Waals surface area contributed by atoms with E-state index in [9.17, 15) is 4.79 Å². The van der Waals surface area contributed by atoms with Crippen LogP contribution in [0.1, 0.15) is 43.4 Å². The minimum atomic E-state index is -0.855. The highest BCUT2D eigenvalue weighted by molar-refractivity contribution is 5.66. The van der Waals surface area contributed by atoms with Crippen LogP contribution in [0.3, 0.4) is 0 Å². The fourth-order valence-electron chi connectivity index (χ4n) is 3.07. The molecule has 0 radical (unpaired) electrons. The van der Waals surface area contributed by atoms with Crippen LogP contribution in [0.25, 0.3) is 0 Å². The average Bonchev–Trinajstić information content (AvgIpc) is 2.88. The fraction of sp³-hybridized carbons (Fsp3) is 0.692. The Morgan fingerprint density at radius 1 is 1.33 bits per heavy atom. The van der Waals surface area contributed by atoms with E-state index >= 15 is 0 Å². The van der Waals surface area contributed by atoms with Crippen molar-refractivity contribution in [2.45, 2.75) is 51.7 Å². The summed E-state index contributed by atoms with van der Waals surface area (Å²) in [6.45, 7) is 1.94. The Hall–Kier alpha value is -1.52. The van der Waals surface area contributed by atoms with Gasteiger partial charge in [0.2, 0.25) is 0 Å². The van der Waals surface area contributed by atoms with E-state index in [0.717, 1.165) is 23.7 Å². The minimum Gasteiger partial charge on any atom is -0.465 e. The number of carbonyl (C=O) groups is 1. The van der Waals surface area contributed by atoms with Crippen LogP contribution in [-0.4, -0.2) is 25.9 Å². The number of carboxylic acid groups (broad SMARTS) is 1. The molecule has 98 valence electrons. The molecule has 1 amide bonds. The number of nitrogens with zero attached hydrogens (tertiary/aromatic N) is 3. The average molecular weight is 249 g/mol. The van der Waals surface area contributed by atoms with Gasteiger partial charge in [-0.1, -0.05) is 19.3 Å². The lowest BCUT2D eigenvalue weighted by molar-refractivity contribution is 0.144. The number of aromatic nitrogens is 2. The summed E-state index contributed by atoms with van der Waals surface area (Å²) < 4.78 is 2.03. The molecule has 1 saturated carbocycles. The number of fused-ring (bicyclic) bond motifs is 1. The van der Waals surface area contributed by atoms with Gasteiger partial charge in [0.25, 0.3) is 0 Å². The molecule has 0 spiro atoms. The van der Waals surface area contributed by atoms with Crippen LogP contribution in [0, 0.1) is 5.92 Å². The summed E-state index contributed by atoms with van der Waals surface area (Å²) in [6.07, 6.45) is 7.87. The first-order valence-corrected chi connectivity index (χ1v) is 6.75. The number of amides is 1. The molecule has 0 bridgehead atoms. The molecule has 1 aromatic rings. The van der Waals surface area contributed by atoms with Crippen LogP contribution in [0.15, 0.2) is 6.20 Å². The molecule has 3 rings (SSSR count). The lowest BCUT2D eigenvalue weighted by atomic mass is 9.89. The molecule has 2 aliphatic rings. The van der Waals surface area contributed by atoms with Crippen LogP contribution < -0.4 is 0 Å². The van der Waals surface area contributed by atoms with Crippen molar-refractivity contribution in [3.63, 3.8) is 0 Å². The maximum absolute atomic E-state index is 10.9. The third kappa shape index (κ3) is 2.21. The second kappa shape index (κ2) is 4.63. The lowest BCUT2D eigenvalue weighted by Gasteiger charge is -2.21. The van der Waals surface area contributed by atoms with Crippen molar-refractivity contribution < 1.29 is 9.90 Å². The molecular formula is C13H19N3O2. The summed E-state index contributed by atoms with van der Waals surface area (Å²) in [5.74, 6) is 0.759. The zero-order valence-corrected chi connectivity index (χ0v) is 10.5. The van der Waals surface area contributed by atoms with Gasteiger partial charge in [-0.2, -0.15) is 5.10 Å². The summed E-state index contributed by atoms with van der Waals surface area (Å²) in [6, 6.07) is 0. The summed E-state index contributed by atoms with van der Waals surface area (Å²) in [4.78, 5) is 12.3. The van der Waals surface area contributed by atoms with E-state index in [-0.39, 0.29) is 0 Å². The van der Waals surface area contributed by atoms with E-state index in [4.69, 9.17) is 5.11 Å². The molecule has 0 unspecified atom stereocenters. The Morgan fingerprint density at radius 2 is 2.11 bits per heavy atom. The van der Waals surface area contributed by atoms with Crippen molar-refractivity contribution in [2.75, 3.05) is 0 Å². The molecule has 5 heteroatoms. The normalized spacial score (nSPS) is 20.1. The van der Waals surface area contributed by atoms with Gasteiger partial charge in [0, 0.05) is 18.3 Å². The first-order chi connectivity index (χ1) is 8.72. The van der Waals surface area contributed by atoms with Crippen molar-refractivity contribution in [1.82, 2.24) is 14.7 Å². The van der Waals surface area contributed by atoms with Gasteiger partial charge in [-0.25, -0.2) is 4.79 Å². The van der Waals surface area contributed by atoms with Crippen LogP contribution in [0.2, 0.25) is 0 Å². The highest BCUT2D eigenvalue weighted by Gasteiger charge is 2.26. The van der Waals surface area contributed by atoms with Crippen molar-refractivity contribution in [3.8, 4) is 0 Å². The van der Waals surface area contributed by atoms with Gasteiger partial charge in [0.05, 0.1) is 18.8 Å². The van der Waals surface area contributed by atoms with Gasteiger partial charge >= 0.3 is 6.09 Å². The molecular weight excluding hydrogens is 230 g/mol. The fourth-order valence-corrected chi connectivity index (χ4v) is 3.07. The highest BCUT2D eigenvalue weighted by atomic mass is 16.4. The Labute approximate surface area is 106 Å². The van der Waals surface area contributed by atoms with Gasteiger partial charge < -0.3 is 5.11 Å². The van der Waals surface area contributed by atoms with Gasteiger partial charge in [-0.05, 0) is 18.8 Å². The molecule has 1 N–H and O–H groups in total. The molecule has 0 aromatic carbocycles. The Morgan fingerprint density at radius 3 is 2.78 bits per heavy atom. The maximum Gasteiger partial charge on any atom is 0.407 e. The second-order valence-electron chi connectivity index (χ2n) is 5.47. The molecule has 2 heterocycles. The molecule has 1 aromatic heterocycles. The summed E-state index contributed by atoms with van der Waals surface area (Å²) in [5, 5.41) is 13.5. The quantitative estimate of drug-likeness (QED) is 0.875. The summed E-state index contributed by atoms with van der Waals surface area (Å²) in [7, 11) is 0. The smallest absolute Gasteiger partial charge is 0.407 e. The lowest BCUT2D eigenvalue weighted by Crippen LogP contribution is -2.24. The summed E-state index contributed by atoms with van der Waals surface area (Å²) in [5.41, 5.74) is 2.02. The predicted octanol–water partition coefficient (Wildman–Crippen LogP) is 2.46. The third-order valence-corrected chi connectivity index (χ3v) is 4.07. The standard InChI is InChI=1S/C13H19N3O2/c17-13(18)15-7-11-8-16(14-12(11)9-15)6-10-4-2-1-3-5-10/h8,10H,1-7,9H2,(H,17,18). The molecule has 1 aliphatic carbocycles. The van der Waals surface area contributed by atoms with Gasteiger partial charge in [-0.15, -0.1) is 0 Å².